The summed E-state index contributed by atoms with van der Waals surface area (Å²) in [5.74, 6) is -0.182. The molecule has 64 valence electrons. The molecule has 5 heteroatoms. The first-order chi connectivity index (χ1) is 6.38. The highest BCUT2D eigenvalue weighted by Crippen LogP contribution is 2.15. The van der Waals surface area contributed by atoms with Gasteiger partial charge < -0.3 is 0 Å². The quantitative estimate of drug-likeness (QED) is 0.652. The van der Waals surface area contributed by atoms with Gasteiger partial charge in [-0.25, -0.2) is 4.39 Å². The molecule has 2 rings (SSSR count). The molecule has 13 heavy (non-hydrogen) atoms. The zero-order valence-electron chi connectivity index (χ0n) is 6.55. The Hall–Kier alpha value is -1.91. The van der Waals surface area contributed by atoms with Crippen molar-refractivity contribution >= 4 is 0 Å². The van der Waals surface area contributed by atoms with Crippen LogP contribution in [-0.2, 0) is 0 Å². The molecule has 0 spiro atoms. The minimum Gasteiger partial charge on any atom is -0.206 e. The predicted molar refractivity (Wildman–Crippen MR) is 43.0 cm³/mol. The molecule has 1 heterocycles. The highest BCUT2D eigenvalue weighted by atomic mass is 19.1. The van der Waals surface area contributed by atoms with Gasteiger partial charge in [0.25, 0.3) is 0 Å². The van der Waals surface area contributed by atoms with E-state index < -0.39 is 0 Å². The molecule has 2 aromatic rings. The van der Waals surface area contributed by atoms with E-state index in [4.69, 9.17) is 0 Å². The van der Waals surface area contributed by atoms with E-state index in [0.29, 0.717) is 5.56 Å². The molecule has 4 nitrogen and oxygen atoms in total. The lowest BCUT2D eigenvalue weighted by molar-refractivity contribution is 0.628. The standard InChI is InChI=1S/C8H5FN4/c9-7-4-2-1-3-6(7)8-12-10-5-11-13-8/h1-5H. The van der Waals surface area contributed by atoms with Crippen molar-refractivity contribution < 1.29 is 4.39 Å². The second-order valence-electron chi connectivity index (χ2n) is 2.35. The molecule has 1 aromatic heterocycles. The maximum Gasteiger partial charge on any atom is 0.206 e. The van der Waals surface area contributed by atoms with Gasteiger partial charge in [-0.3, -0.25) is 0 Å². The van der Waals surface area contributed by atoms with E-state index in [1.54, 1.807) is 18.2 Å². The largest absolute Gasteiger partial charge is 0.206 e. The number of aromatic nitrogens is 4. The molecule has 0 bridgehead atoms. The highest BCUT2D eigenvalue weighted by Gasteiger charge is 2.06. The zero-order chi connectivity index (χ0) is 9.10. The van der Waals surface area contributed by atoms with Crippen LogP contribution in [0.5, 0.6) is 0 Å². The summed E-state index contributed by atoms with van der Waals surface area (Å²) >= 11 is 0. The van der Waals surface area contributed by atoms with Crippen LogP contribution < -0.4 is 0 Å². The van der Waals surface area contributed by atoms with Crippen LogP contribution >= 0.6 is 0 Å². The van der Waals surface area contributed by atoms with Gasteiger partial charge in [-0.15, -0.1) is 20.4 Å². The van der Waals surface area contributed by atoms with Crippen molar-refractivity contribution in [3.8, 4) is 11.4 Å². The van der Waals surface area contributed by atoms with E-state index in [0.717, 1.165) is 0 Å². The molecule has 0 radical (unpaired) electrons. The van der Waals surface area contributed by atoms with Crippen LogP contribution in [0.25, 0.3) is 11.4 Å². The summed E-state index contributed by atoms with van der Waals surface area (Å²) in [7, 11) is 0. The van der Waals surface area contributed by atoms with Gasteiger partial charge in [0.05, 0.1) is 5.56 Å². The molecule has 0 saturated carbocycles. The van der Waals surface area contributed by atoms with E-state index in [-0.39, 0.29) is 11.6 Å². The maximum atomic E-state index is 13.1. The monoisotopic (exact) mass is 176 g/mol. The molecule has 0 saturated heterocycles. The van der Waals surface area contributed by atoms with Gasteiger partial charge >= 0.3 is 0 Å². The second-order valence-corrected chi connectivity index (χ2v) is 2.35. The number of rotatable bonds is 1. The van der Waals surface area contributed by atoms with Crippen molar-refractivity contribution in [2.45, 2.75) is 0 Å². The predicted octanol–water partition coefficient (Wildman–Crippen LogP) is 1.07. The van der Waals surface area contributed by atoms with E-state index >= 15 is 0 Å². The fourth-order valence-corrected chi connectivity index (χ4v) is 0.954. The Labute approximate surface area is 73.5 Å². The molecular formula is C8H5FN4. The molecule has 0 unspecified atom stereocenters. The van der Waals surface area contributed by atoms with Crippen molar-refractivity contribution in [1.82, 2.24) is 20.4 Å². The van der Waals surface area contributed by atoms with Crippen molar-refractivity contribution in [2.24, 2.45) is 0 Å². The lowest BCUT2D eigenvalue weighted by Gasteiger charge is -1.97. The number of nitrogens with zero attached hydrogens (tertiary/aromatic N) is 4. The number of hydrogen-bond donors (Lipinski definition) is 0. The van der Waals surface area contributed by atoms with Crippen LogP contribution in [0.4, 0.5) is 4.39 Å². The Morgan fingerprint density at radius 1 is 1.00 bits per heavy atom. The van der Waals surface area contributed by atoms with Crippen LogP contribution in [0, 0.1) is 5.82 Å². The number of hydrogen-bond acceptors (Lipinski definition) is 4. The maximum absolute atomic E-state index is 13.1. The lowest BCUT2D eigenvalue weighted by atomic mass is 10.2. The fraction of sp³-hybridized carbons (Fsp3) is 0. The third-order valence-electron chi connectivity index (χ3n) is 1.52. The van der Waals surface area contributed by atoms with Crippen molar-refractivity contribution in [3.05, 3.63) is 36.4 Å². The summed E-state index contributed by atoms with van der Waals surface area (Å²) in [5, 5.41) is 14.3. The normalized spacial score (nSPS) is 9.92. The summed E-state index contributed by atoms with van der Waals surface area (Å²) in [5.41, 5.74) is 0.308. The Kier molecular flexibility index (Phi) is 1.91. The molecule has 0 fully saturated rings. The smallest absolute Gasteiger partial charge is 0.206 e. The molecule has 0 aliphatic heterocycles. The van der Waals surface area contributed by atoms with Gasteiger partial charge in [-0.2, -0.15) is 0 Å². The van der Waals surface area contributed by atoms with Gasteiger partial charge in [0.2, 0.25) is 5.82 Å². The molecule has 1 aromatic carbocycles. The highest BCUT2D eigenvalue weighted by molar-refractivity contribution is 5.54. The van der Waals surface area contributed by atoms with Gasteiger partial charge in [0.1, 0.15) is 5.82 Å². The SMILES string of the molecule is Fc1ccccc1-c1nncnn1. The Morgan fingerprint density at radius 2 is 1.69 bits per heavy atom. The van der Waals surface area contributed by atoms with Gasteiger partial charge in [0, 0.05) is 0 Å². The van der Waals surface area contributed by atoms with Crippen molar-refractivity contribution in [2.75, 3.05) is 0 Å². The van der Waals surface area contributed by atoms with E-state index in [9.17, 15) is 4.39 Å². The molecule has 0 amide bonds. The number of halogens is 1. The third kappa shape index (κ3) is 1.48. The average Bonchev–Trinajstić information content (AvgIpc) is 2.20. The van der Waals surface area contributed by atoms with Crippen LogP contribution in [0.1, 0.15) is 0 Å². The summed E-state index contributed by atoms with van der Waals surface area (Å²) in [4.78, 5) is 0. The average molecular weight is 176 g/mol. The van der Waals surface area contributed by atoms with E-state index in [1.165, 1.54) is 12.4 Å². The molecular weight excluding hydrogens is 171 g/mol. The van der Waals surface area contributed by atoms with E-state index in [2.05, 4.69) is 20.4 Å². The van der Waals surface area contributed by atoms with Gasteiger partial charge in [-0.1, -0.05) is 12.1 Å². The summed E-state index contributed by atoms with van der Waals surface area (Å²) in [6.07, 6.45) is 1.20. The van der Waals surface area contributed by atoms with Crippen LogP contribution in [0.2, 0.25) is 0 Å². The molecule has 0 N–H and O–H groups in total. The summed E-state index contributed by atoms with van der Waals surface area (Å²) in [6, 6.07) is 6.22. The zero-order valence-corrected chi connectivity index (χ0v) is 6.55. The van der Waals surface area contributed by atoms with Crippen molar-refractivity contribution in [3.63, 3.8) is 0 Å². The molecule has 0 aliphatic carbocycles. The lowest BCUT2D eigenvalue weighted by Crippen LogP contribution is -1.95. The molecule has 0 aliphatic rings. The van der Waals surface area contributed by atoms with E-state index in [1.807, 2.05) is 0 Å². The van der Waals surface area contributed by atoms with Crippen LogP contribution in [0.3, 0.4) is 0 Å². The van der Waals surface area contributed by atoms with Gasteiger partial charge in [-0.05, 0) is 12.1 Å². The minimum atomic E-state index is -0.377. The Balaban J connectivity index is 2.54. The van der Waals surface area contributed by atoms with Crippen LogP contribution in [-0.4, -0.2) is 20.4 Å². The first-order valence-corrected chi connectivity index (χ1v) is 3.63. The third-order valence-corrected chi connectivity index (χ3v) is 1.52. The van der Waals surface area contributed by atoms with Crippen LogP contribution in [0.15, 0.2) is 30.6 Å². The topological polar surface area (TPSA) is 51.6 Å². The first-order valence-electron chi connectivity index (χ1n) is 3.63. The first kappa shape index (κ1) is 7.72. The molecule has 0 atom stereocenters. The number of benzene rings is 1. The summed E-state index contributed by atoms with van der Waals surface area (Å²) < 4.78 is 13.1. The Bertz CT molecular complexity index is 404. The minimum absolute atomic E-state index is 0.195. The van der Waals surface area contributed by atoms with Gasteiger partial charge in [0.15, 0.2) is 6.33 Å². The second kappa shape index (κ2) is 3.22. The Morgan fingerprint density at radius 3 is 2.38 bits per heavy atom. The van der Waals surface area contributed by atoms with Crippen molar-refractivity contribution in [1.29, 1.82) is 0 Å². The fourth-order valence-electron chi connectivity index (χ4n) is 0.954. The summed E-state index contributed by atoms with van der Waals surface area (Å²) in [6.45, 7) is 0.